The van der Waals surface area contributed by atoms with Gasteiger partial charge in [0, 0.05) is 112 Å². The van der Waals surface area contributed by atoms with Gasteiger partial charge in [-0.3, -0.25) is 23.5 Å². The highest BCUT2D eigenvalue weighted by molar-refractivity contribution is 9.10. The van der Waals surface area contributed by atoms with Gasteiger partial charge in [0.05, 0.1) is 31.5 Å². The molecule has 4 bridgehead atoms. The van der Waals surface area contributed by atoms with E-state index in [0.717, 1.165) is 68.4 Å². The Labute approximate surface area is 415 Å². The van der Waals surface area contributed by atoms with Crippen LogP contribution in [-0.2, 0) is 12.8 Å². The van der Waals surface area contributed by atoms with E-state index in [4.69, 9.17) is 5.73 Å². The highest BCUT2D eigenvalue weighted by Gasteiger charge is 2.64. The molecule has 4 atom stereocenters. The summed E-state index contributed by atoms with van der Waals surface area (Å²) < 4.78 is 25.1. The summed E-state index contributed by atoms with van der Waals surface area (Å²) in [5.74, 6) is 1.97. The number of nitrogens with one attached hydrogen (secondary N) is 3. The Morgan fingerprint density at radius 3 is 1.46 bits per heavy atom. The molecule has 5 N–H and O–H groups in total. The standard InChI is InChI=1S/C29H35FN4.C23H23BrN2.C6H13FN2/c1-19-13-25-24-5-2-3-6-26(24)32-27(25)28(34(19)29-14-20(15-29)16-29)21-7-9-22(10-8-21)31-23-17-33(18-23)12-4-11-30;1-14-10-19-18-4-2-3-5-20(18)25-21(19)22(16-6-8-17(24)9-7-16)26(14)23-11-15(12-23)13-23;7-2-1-3-9-4-6(8)5-9/h2-3,5-10,19-20,23,28,31-32H,4,11-18H2,1H3;2-9,14-15,22,25H,10-13H2,1H3;6H,1-5,8H2/t19-,20?,28-,29?;14-,15?,22-,23?;/m11./s1. The van der Waals surface area contributed by atoms with Gasteiger partial charge in [-0.25, -0.2) is 0 Å². The van der Waals surface area contributed by atoms with Gasteiger partial charge in [-0.1, -0.05) is 76.6 Å². The van der Waals surface area contributed by atoms with E-state index in [1.54, 1.807) is 0 Å². The number of nitrogens with zero attached hydrogens (tertiary/aromatic N) is 4. The fraction of sp³-hybridized carbons (Fsp3) is 0.517. The van der Waals surface area contributed by atoms with Crippen LogP contribution in [-0.4, -0.2) is 117 Å². The molecule has 364 valence electrons. The first-order valence-corrected chi connectivity index (χ1v) is 27.1. The Morgan fingerprint density at radius 2 is 1.04 bits per heavy atom. The zero-order valence-corrected chi connectivity index (χ0v) is 42.2. The third-order valence-corrected chi connectivity index (χ3v) is 18.3. The van der Waals surface area contributed by atoms with Crippen LogP contribution >= 0.6 is 15.9 Å². The molecule has 6 aliphatic carbocycles. The predicted octanol–water partition coefficient (Wildman–Crippen LogP) is 11.3. The molecular weight excluding hydrogens is 927 g/mol. The molecule has 69 heavy (non-hydrogen) atoms. The van der Waals surface area contributed by atoms with Crippen molar-refractivity contribution in [2.24, 2.45) is 17.6 Å². The van der Waals surface area contributed by atoms with E-state index in [-0.39, 0.29) is 13.3 Å². The normalized spacial score (nSPS) is 30.5. The van der Waals surface area contributed by atoms with E-state index < -0.39 is 0 Å². The number of benzene rings is 4. The van der Waals surface area contributed by atoms with Crippen LogP contribution in [0.1, 0.15) is 111 Å². The fourth-order valence-corrected chi connectivity index (χ4v) is 14.7. The van der Waals surface area contributed by atoms with Crippen molar-refractivity contribution in [2.45, 2.75) is 125 Å². The summed E-state index contributed by atoms with van der Waals surface area (Å²) in [5.41, 5.74) is 18.8. The predicted molar refractivity (Wildman–Crippen MR) is 280 cm³/mol. The second-order valence-corrected chi connectivity index (χ2v) is 23.6. The monoisotopic (exact) mass is 996 g/mol. The molecule has 16 rings (SSSR count). The van der Waals surface area contributed by atoms with Crippen molar-refractivity contribution in [1.29, 1.82) is 0 Å². The number of para-hydroxylation sites is 2. The maximum Gasteiger partial charge on any atom is 0.0906 e. The van der Waals surface area contributed by atoms with Crippen LogP contribution in [0.2, 0.25) is 0 Å². The highest BCUT2D eigenvalue weighted by atomic mass is 79.9. The van der Waals surface area contributed by atoms with Gasteiger partial charge in [0.2, 0.25) is 0 Å². The van der Waals surface area contributed by atoms with Crippen LogP contribution in [0.3, 0.4) is 0 Å². The Morgan fingerprint density at radius 1 is 0.609 bits per heavy atom. The summed E-state index contributed by atoms with van der Waals surface area (Å²) in [6.45, 7) is 10.2. The Hall–Kier alpha value is -4.10. The molecule has 2 saturated heterocycles. The summed E-state index contributed by atoms with van der Waals surface area (Å²) in [4.78, 5) is 17.9. The minimum Gasteiger partial charge on any atom is -0.380 e. The van der Waals surface area contributed by atoms with Gasteiger partial charge in [-0.05, 0) is 149 Å². The molecule has 4 aromatic carbocycles. The zero-order chi connectivity index (χ0) is 47.0. The molecule has 4 aliphatic heterocycles. The van der Waals surface area contributed by atoms with E-state index in [1.807, 2.05) is 0 Å². The van der Waals surface area contributed by atoms with Crippen molar-refractivity contribution in [3.05, 3.63) is 135 Å². The van der Waals surface area contributed by atoms with Crippen molar-refractivity contribution in [2.75, 3.05) is 57.9 Å². The molecule has 2 aromatic heterocycles. The fourth-order valence-electron chi connectivity index (χ4n) is 14.4. The number of rotatable bonds is 12. The lowest BCUT2D eigenvalue weighted by molar-refractivity contribution is -0.174. The van der Waals surface area contributed by atoms with E-state index >= 15 is 0 Å². The van der Waals surface area contributed by atoms with Gasteiger partial charge in [0.15, 0.2) is 0 Å². The summed E-state index contributed by atoms with van der Waals surface area (Å²) >= 11 is 3.61. The van der Waals surface area contributed by atoms with Crippen LogP contribution in [0.5, 0.6) is 0 Å². The summed E-state index contributed by atoms with van der Waals surface area (Å²) in [6, 6.07) is 38.4. The highest BCUT2D eigenvalue weighted by Crippen LogP contribution is 2.65. The van der Waals surface area contributed by atoms with Gasteiger partial charge in [0.1, 0.15) is 0 Å². The van der Waals surface area contributed by atoms with E-state index in [2.05, 4.69) is 162 Å². The first kappa shape index (κ1) is 46.0. The van der Waals surface area contributed by atoms with Gasteiger partial charge in [0.25, 0.3) is 0 Å². The number of likely N-dealkylation sites (tertiary alicyclic amines) is 2. The molecule has 11 heteroatoms. The lowest BCUT2D eigenvalue weighted by Crippen LogP contribution is -2.71. The number of aromatic amines is 2. The molecule has 6 saturated carbocycles. The molecule has 0 amide bonds. The lowest BCUT2D eigenvalue weighted by atomic mass is 9.48. The first-order chi connectivity index (χ1) is 33.6. The van der Waals surface area contributed by atoms with Crippen molar-refractivity contribution in [1.82, 2.24) is 29.6 Å². The molecule has 0 unspecified atom stereocenters. The molecule has 6 aromatic rings. The molecule has 0 radical (unpaired) electrons. The molecule has 8 fully saturated rings. The van der Waals surface area contributed by atoms with Crippen molar-refractivity contribution in [3.63, 3.8) is 0 Å². The Bertz CT molecular complexity index is 2720. The van der Waals surface area contributed by atoms with E-state index in [1.165, 1.54) is 99.7 Å². The van der Waals surface area contributed by atoms with Gasteiger partial charge in [-0.2, -0.15) is 0 Å². The molecular formula is C58H71BrF2N8. The molecule has 8 nitrogen and oxygen atoms in total. The average Bonchev–Trinajstić information content (AvgIpc) is 3.83. The number of hydrogen-bond acceptors (Lipinski definition) is 6. The SMILES string of the molecule is C[C@@H]1Cc2c([nH]c3ccccc23)[C@@H](c2ccc(Br)cc2)N1C12CC(C1)C2.C[C@@H]1Cc2c([nH]c3ccccc23)[C@@H](c2ccc(NC3CN(CCCF)C3)cc2)N1C12CC(C1)C2.NC1CN(CCCF)C1. The van der Waals surface area contributed by atoms with Crippen LogP contribution in [0.4, 0.5) is 14.5 Å². The van der Waals surface area contributed by atoms with Crippen LogP contribution in [0.15, 0.2) is 102 Å². The summed E-state index contributed by atoms with van der Waals surface area (Å²) in [5, 5.41) is 6.49. The number of anilines is 1. The van der Waals surface area contributed by atoms with Crippen molar-refractivity contribution >= 4 is 43.4 Å². The average molecular weight is 998 g/mol. The van der Waals surface area contributed by atoms with Crippen LogP contribution in [0, 0.1) is 11.8 Å². The molecule has 0 spiro atoms. The minimum atomic E-state index is -0.215. The largest absolute Gasteiger partial charge is 0.380 e. The quantitative estimate of drug-likeness (QED) is 0.0978. The van der Waals surface area contributed by atoms with Crippen LogP contribution in [0.25, 0.3) is 21.8 Å². The number of alkyl halides is 2. The van der Waals surface area contributed by atoms with Gasteiger partial charge < -0.3 is 25.9 Å². The number of halogens is 3. The lowest BCUT2D eigenvalue weighted by Gasteiger charge is -2.70. The summed E-state index contributed by atoms with van der Waals surface area (Å²) in [7, 11) is 0. The maximum absolute atomic E-state index is 12.4. The number of hydrogen-bond donors (Lipinski definition) is 4. The third-order valence-electron chi connectivity index (χ3n) is 17.8. The third kappa shape index (κ3) is 8.29. The van der Waals surface area contributed by atoms with Gasteiger partial charge in [-0.15, -0.1) is 0 Å². The maximum atomic E-state index is 12.4. The topological polar surface area (TPSA) is 82.6 Å². The Kier molecular flexibility index (Phi) is 12.3. The first-order valence-electron chi connectivity index (χ1n) is 26.3. The smallest absolute Gasteiger partial charge is 0.0906 e. The van der Waals surface area contributed by atoms with E-state index in [0.29, 0.717) is 60.2 Å². The number of nitrogens with two attached hydrogens (primary N) is 1. The van der Waals surface area contributed by atoms with Crippen molar-refractivity contribution < 1.29 is 8.78 Å². The van der Waals surface area contributed by atoms with Crippen LogP contribution < -0.4 is 11.1 Å². The minimum absolute atomic E-state index is 0.203. The Balaban J connectivity index is 0.000000124. The molecule has 6 heterocycles. The number of aromatic nitrogens is 2. The molecule has 10 aliphatic rings. The number of fused-ring (bicyclic) bond motifs is 6. The second-order valence-electron chi connectivity index (χ2n) is 22.6. The van der Waals surface area contributed by atoms with E-state index in [9.17, 15) is 8.78 Å². The van der Waals surface area contributed by atoms with Gasteiger partial charge >= 0.3 is 0 Å². The summed E-state index contributed by atoms with van der Waals surface area (Å²) in [6.07, 6.45) is 11.9. The number of H-pyrrole nitrogens is 2. The second kappa shape index (κ2) is 18.5. The zero-order valence-electron chi connectivity index (χ0n) is 40.6. The van der Waals surface area contributed by atoms with Crippen molar-refractivity contribution in [3.8, 4) is 0 Å².